The van der Waals surface area contributed by atoms with Crippen molar-refractivity contribution in [3.63, 3.8) is 0 Å². The summed E-state index contributed by atoms with van der Waals surface area (Å²) in [5.74, 6) is 0. The highest BCUT2D eigenvalue weighted by atomic mass is 32.2. The van der Waals surface area contributed by atoms with E-state index in [2.05, 4.69) is 19.2 Å². The lowest BCUT2D eigenvalue weighted by molar-refractivity contribution is 0.597. The number of rotatable bonds is 3. The lowest BCUT2D eigenvalue weighted by Gasteiger charge is -2.06. The van der Waals surface area contributed by atoms with Crippen LogP contribution < -0.4 is 0 Å². The predicted octanol–water partition coefficient (Wildman–Crippen LogP) is 1.90. The lowest BCUT2D eigenvalue weighted by Crippen LogP contribution is -2.12. The molecule has 1 rings (SSSR count). The maximum absolute atomic E-state index is 11.6. The zero-order valence-electron chi connectivity index (χ0n) is 6.92. The van der Waals surface area contributed by atoms with Crippen molar-refractivity contribution in [1.29, 1.82) is 0 Å². The summed E-state index contributed by atoms with van der Waals surface area (Å²) in [6, 6.07) is 8.21. The van der Waals surface area contributed by atoms with Gasteiger partial charge in [0.1, 0.15) is 4.58 Å². The highest BCUT2D eigenvalue weighted by molar-refractivity contribution is 8.05. The quantitative estimate of drug-likeness (QED) is 0.616. The summed E-state index contributed by atoms with van der Waals surface area (Å²) in [7, 11) is -3.34. The monoisotopic (exact) mass is 214 g/mol. The number of hydrogen-bond acceptors (Lipinski definition) is 3. The SMILES string of the molecule is C=CC(S)S(=O)(=O)c1ccccc1. The minimum atomic E-state index is -3.34. The van der Waals surface area contributed by atoms with Crippen LogP contribution in [0.5, 0.6) is 0 Å². The first-order chi connectivity index (χ1) is 6.09. The summed E-state index contributed by atoms with van der Waals surface area (Å²) in [4.78, 5) is 0.273. The highest BCUT2D eigenvalue weighted by Gasteiger charge is 2.20. The molecule has 0 heterocycles. The maximum Gasteiger partial charge on any atom is 0.193 e. The molecule has 2 nitrogen and oxygen atoms in total. The van der Waals surface area contributed by atoms with Gasteiger partial charge in [0.2, 0.25) is 0 Å². The van der Waals surface area contributed by atoms with Gasteiger partial charge in [0.25, 0.3) is 0 Å². The second-order valence-corrected chi connectivity index (χ2v) is 5.46. The van der Waals surface area contributed by atoms with E-state index in [1.807, 2.05) is 0 Å². The Balaban J connectivity index is 3.16. The van der Waals surface area contributed by atoms with Crippen LogP contribution >= 0.6 is 12.6 Å². The first kappa shape index (κ1) is 10.3. The number of benzene rings is 1. The Hall–Kier alpha value is -0.740. The average Bonchev–Trinajstić information content (AvgIpc) is 2.18. The molecule has 0 aromatic heterocycles. The fourth-order valence-corrected chi connectivity index (χ4v) is 2.31. The Bertz CT molecular complexity index is 381. The van der Waals surface area contributed by atoms with Crippen molar-refractivity contribution in [2.45, 2.75) is 9.48 Å². The topological polar surface area (TPSA) is 34.1 Å². The van der Waals surface area contributed by atoms with E-state index in [1.54, 1.807) is 30.3 Å². The molecule has 0 aliphatic rings. The van der Waals surface area contributed by atoms with Crippen LogP contribution in [0, 0.1) is 0 Å². The fraction of sp³-hybridized carbons (Fsp3) is 0.111. The first-order valence-electron chi connectivity index (χ1n) is 3.68. The zero-order valence-corrected chi connectivity index (χ0v) is 8.63. The Morgan fingerprint density at radius 2 is 1.85 bits per heavy atom. The van der Waals surface area contributed by atoms with Gasteiger partial charge in [0.05, 0.1) is 4.90 Å². The van der Waals surface area contributed by atoms with Crippen LogP contribution in [-0.2, 0) is 9.84 Å². The second kappa shape index (κ2) is 3.98. The largest absolute Gasteiger partial charge is 0.222 e. The molecular weight excluding hydrogens is 204 g/mol. The summed E-state index contributed by atoms with van der Waals surface area (Å²) < 4.78 is 22.4. The highest BCUT2D eigenvalue weighted by Crippen LogP contribution is 2.18. The van der Waals surface area contributed by atoms with Crippen LogP contribution in [0.4, 0.5) is 0 Å². The van der Waals surface area contributed by atoms with E-state index in [1.165, 1.54) is 6.08 Å². The van der Waals surface area contributed by atoms with E-state index >= 15 is 0 Å². The minimum Gasteiger partial charge on any atom is -0.222 e. The third kappa shape index (κ3) is 2.14. The summed E-state index contributed by atoms with van der Waals surface area (Å²) in [6.07, 6.45) is 1.30. The van der Waals surface area contributed by atoms with Gasteiger partial charge < -0.3 is 0 Å². The van der Waals surface area contributed by atoms with Crippen LogP contribution in [-0.4, -0.2) is 13.0 Å². The second-order valence-electron chi connectivity index (χ2n) is 2.48. The van der Waals surface area contributed by atoms with Gasteiger partial charge >= 0.3 is 0 Å². The Kier molecular flexibility index (Phi) is 3.17. The molecule has 0 N–H and O–H groups in total. The Morgan fingerprint density at radius 1 is 1.31 bits per heavy atom. The smallest absolute Gasteiger partial charge is 0.193 e. The fourth-order valence-electron chi connectivity index (χ4n) is 0.876. The summed E-state index contributed by atoms with van der Waals surface area (Å²) in [5.41, 5.74) is 0. The summed E-state index contributed by atoms with van der Waals surface area (Å²) >= 11 is 3.92. The average molecular weight is 214 g/mol. The van der Waals surface area contributed by atoms with Crippen molar-refractivity contribution in [2.24, 2.45) is 0 Å². The van der Waals surface area contributed by atoms with E-state index in [0.29, 0.717) is 0 Å². The van der Waals surface area contributed by atoms with E-state index in [0.717, 1.165) is 0 Å². The van der Waals surface area contributed by atoms with Gasteiger partial charge in [-0.2, -0.15) is 12.6 Å². The molecule has 0 aliphatic heterocycles. The van der Waals surface area contributed by atoms with Gasteiger partial charge in [-0.15, -0.1) is 6.58 Å². The molecule has 13 heavy (non-hydrogen) atoms. The van der Waals surface area contributed by atoms with Gasteiger partial charge in [-0.05, 0) is 12.1 Å². The molecule has 0 fully saturated rings. The molecule has 1 aromatic rings. The standard InChI is InChI=1S/C9H10O2S2/c1-2-9(12)13(10,11)8-6-4-3-5-7-8/h2-7,9,12H,1H2. The maximum atomic E-state index is 11.6. The molecule has 0 amide bonds. The number of sulfone groups is 1. The summed E-state index contributed by atoms with van der Waals surface area (Å²) in [6.45, 7) is 3.40. The minimum absolute atomic E-state index is 0.273. The Morgan fingerprint density at radius 3 is 2.31 bits per heavy atom. The molecule has 0 bridgehead atoms. The molecule has 0 radical (unpaired) electrons. The molecule has 0 saturated heterocycles. The van der Waals surface area contributed by atoms with Crippen molar-refractivity contribution in [3.05, 3.63) is 43.0 Å². The molecular formula is C9H10O2S2. The van der Waals surface area contributed by atoms with Crippen molar-refractivity contribution < 1.29 is 8.42 Å². The van der Waals surface area contributed by atoms with E-state index in [-0.39, 0.29) is 4.90 Å². The van der Waals surface area contributed by atoms with Crippen LogP contribution in [0.2, 0.25) is 0 Å². The molecule has 1 atom stereocenters. The van der Waals surface area contributed by atoms with Crippen LogP contribution in [0.15, 0.2) is 47.9 Å². The van der Waals surface area contributed by atoms with Crippen molar-refractivity contribution in [2.75, 3.05) is 0 Å². The van der Waals surface area contributed by atoms with Crippen molar-refractivity contribution >= 4 is 22.5 Å². The third-order valence-electron chi connectivity index (χ3n) is 1.59. The number of hydrogen-bond donors (Lipinski definition) is 1. The molecule has 0 saturated carbocycles. The van der Waals surface area contributed by atoms with Gasteiger partial charge in [-0.1, -0.05) is 24.3 Å². The molecule has 0 aliphatic carbocycles. The molecule has 0 spiro atoms. The lowest BCUT2D eigenvalue weighted by atomic mass is 10.4. The molecule has 1 aromatic carbocycles. The van der Waals surface area contributed by atoms with Gasteiger partial charge in [-0.25, -0.2) is 8.42 Å². The predicted molar refractivity (Wildman–Crippen MR) is 56.6 cm³/mol. The van der Waals surface area contributed by atoms with Gasteiger partial charge in [0, 0.05) is 0 Å². The first-order valence-corrected chi connectivity index (χ1v) is 5.75. The zero-order chi connectivity index (χ0) is 9.90. The van der Waals surface area contributed by atoms with Crippen LogP contribution in [0.3, 0.4) is 0 Å². The van der Waals surface area contributed by atoms with Crippen molar-refractivity contribution in [3.8, 4) is 0 Å². The van der Waals surface area contributed by atoms with Crippen LogP contribution in [0.25, 0.3) is 0 Å². The van der Waals surface area contributed by atoms with E-state index < -0.39 is 14.4 Å². The molecule has 1 unspecified atom stereocenters. The normalized spacial score (nSPS) is 13.6. The summed E-state index contributed by atoms with van der Waals surface area (Å²) in [5, 5.41) is 0. The number of thiol groups is 1. The Labute approximate surface area is 83.6 Å². The molecule has 70 valence electrons. The third-order valence-corrected chi connectivity index (χ3v) is 4.39. The van der Waals surface area contributed by atoms with E-state index in [4.69, 9.17) is 0 Å². The van der Waals surface area contributed by atoms with E-state index in [9.17, 15) is 8.42 Å². The molecule has 4 heteroatoms. The van der Waals surface area contributed by atoms with Crippen molar-refractivity contribution in [1.82, 2.24) is 0 Å². The van der Waals surface area contributed by atoms with Crippen LogP contribution in [0.1, 0.15) is 0 Å². The van der Waals surface area contributed by atoms with Gasteiger partial charge in [-0.3, -0.25) is 0 Å². The van der Waals surface area contributed by atoms with Gasteiger partial charge in [0.15, 0.2) is 9.84 Å².